The number of hydrogen-bond acceptors (Lipinski definition) is 4. The Morgan fingerprint density at radius 3 is 2.90 bits per heavy atom. The maximum absolute atomic E-state index is 11.5. The monoisotopic (exact) mass is 298 g/mol. The van der Waals surface area contributed by atoms with Gasteiger partial charge in [-0.05, 0) is 10.8 Å². The van der Waals surface area contributed by atoms with Gasteiger partial charge in [-0.3, -0.25) is 10.1 Å². The quantitative estimate of drug-likeness (QED) is 0.801. The molecule has 106 valence electrons. The average Bonchev–Trinajstić information content (AvgIpc) is 2.95. The molecule has 0 saturated carbocycles. The van der Waals surface area contributed by atoms with Crippen LogP contribution in [0.3, 0.4) is 0 Å². The molecule has 1 aromatic heterocycles. The lowest BCUT2D eigenvalue weighted by Crippen LogP contribution is -2.16. The first-order valence-corrected chi connectivity index (χ1v) is 7.38. The van der Waals surface area contributed by atoms with Crippen molar-refractivity contribution in [3.63, 3.8) is 0 Å². The highest BCUT2D eigenvalue weighted by molar-refractivity contribution is 7.14. The van der Waals surface area contributed by atoms with E-state index < -0.39 is 0 Å². The average molecular weight is 298 g/mol. The molecule has 0 unspecified atom stereocenters. The van der Waals surface area contributed by atoms with Crippen LogP contribution >= 0.6 is 11.3 Å². The molecule has 1 heterocycles. The molecule has 0 spiro atoms. The fourth-order valence-corrected chi connectivity index (χ4v) is 2.92. The number of carbonyl (C=O) groups excluding carboxylic acids is 1. The maximum atomic E-state index is 11.5. The number of anilines is 1. The van der Waals surface area contributed by atoms with Gasteiger partial charge in [-0.1, -0.05) is 42.5 Å². The smallest absolute Gasteiger partial charge is 0.252 e. The topological polar surface area (TPSA) is 51.2 Å². The van der Waals surface area contributed by atoms with Crippen molar-refractivity contribution in [3.05, 3.63) is 47.8 Å². The van der Waals surface area contributed by atoms with E-state index >= 15 is 0 Å². The van der Waals surface area contributed by atoms with Crippen molar-refractivity contribution < 1.29 is 9.53 Å². The van der Waals surface area contributed by atoms with Gasteiger partial charge in [0.2, 0.25) is 0 Å². The predicted molar refractivity (Wildman–Crippen MR) is 85.6 cm³/mol. The minimum atomic E-state index is -0.198. The minimum Gasteiger partial charge on any atom is -0.375 e. The van der Waals surface area contributed by atoms with E-state index in [0.29, 0.717) is 5.13 Å². The molecule has 0 aliphatic rings. The number of nitrogens with one attached hydrogen (secondary N) is 1. The van der Waals surface area contributed by atoms with Crippen LogP contribution in [0.4, 0.5) is 5.13 Å². The number of carbonyl (C=O) groups is 1. The molecule has 0 aliphatic heterocycles. The lowest BCUT2D eigenvalue weighted by molar-refractivity contribution is -0.119. The Labute approximate surface area is 126 Å². The Balaban J connectivity index is 1.93. The van der Waals surface area contributed by atoms with Crippen LogP contribution in [0.5, 0.6) is 0 Å². The standard InChI is InChI=1S/C16H14N2O2S/c1-20-9-15(19)18-16-17-14(10-21-16)13-8-4-6-11-5-2-3-7-12(11)13/h2-8,10H,9H2,1H3,(H,17,18,19). The Hall–Kier alpha value is -2.24. The van der Waals surface area contributed by atoms with Gasteiger partial charge in [0.05, 0.1) is 5.69 Å². The Morgan fingerprint density at radius 2 is 2.05 bits per heavy atom. The number of nitrogens with zero attached hydrogens (tertiary/aromatic N) is 1. The predicted octanol–water partition coefficient (Wildman–Crippen LogP) is 3.55. The zero-order valence-corrected chi connectivity index (χ0v) is 12.3. The van der Waals surface area contributed by atoms with E-state index in [2.05, 4.69) is 28.5 Å². The number of aromatic nitrogens is 1. The van der Waals surface area contributed by atoms with Gasteiger partial charge < -0.3 is 4.74 Å². The van der Waals surface area contributed by atoms with E-state index in [1.54, 1.807) is 0 Å². The Bertz CT molecular complexity index is 777. The molecule has 0 atom stereocenters. The van der Waals surface area contributed by atoms with Crippen molar-refractivity contribution in [3.8, 4) is 11.3 Å². The summed E-state index contributed by atoms with van der Waals surface area (Å²) in [6, 6.07) is 14.3. The van der Waals surface area contributed by atoms with Crippen LogP contribution in [-0.2, 0) is 9.53 Å². The van der Waals surface area contributed by atoms with Crippen molar-refractivity contribution in [1.29, 1.82) is 0 Å². The SMILES string of the molecule is COCC(=O)Nc1nc(-c2cccc3ccccc23)cs1. The van der Waals surface area contributed by atoms with Gasteiger partial charge in [0, 0.05) is 18.1 Å². The highest BCUT2D eigenvalue weighted by atomic mass is 32.1. The van der Waals surface area contributed by atoms with Crippen LogP contribution in [0.25, 0.3) is 22.0 Å². The molecule has 0 bridgehead atoms. The van der Waals surface area contributed by atoms with Gasteiger partial charge in [0.1, 0.15) is 6.61 Å². The van der Waals surface area contributed by atoms with Crippen molar-refractivity contribution >= 4 is 33.1 Å². The van der Waals surface area contributed by atoms with Gasteiger partial charge in [0.15, 0.2) is 5.13 Å². The molecule has 0 aliphatic carbocycles. The molecule has 3 rings (SSSR count). The number of methoxy groups -OCH3 is 1. The largest absolute Gasteiger partial charge is 0.375 e. The summed E-state index contributed by atoms with van der Waals surface area (Å²) in [5.41, 5.74) is 1.93. The fourth-order valence-electron chi connectivity index (χ4n) is 2.19. The Morgan fingerprint density at radius 1 is 1.24 bits per heavy atom. The number of amides is 1. The molecule has 21 heavy (non-hydrogen) atoms. The third-order valence-electron chi connectivity index (χ3n) is 3.09. The number of benzene rings is 2. The molecule has 0 radical (unpaired) electrons. The maximum Gasteiger partial charge on any atom is 0.252 e. The van der Waals surface area contributed by atoms with Gasteiger partial charge in [-0.15, -0.1) is 11.3 Å². The molecule has 0 fully saturated rings. The van der Waals surface area contributed by atoms with E-state index in [4.69, 9.17) is 4.74 Å². The number of rotatable bonds is 4. The van der Waals surface area contributed by atoms with Gasteiger partial charge in [-0.25, -0.2) is 4.98 Å². The molecule has 1 N–H and O–H groups in total. The second kappa shape index (κ2) is 6.03. The van der Waals surface area contributed by atoms with Crippen LogP contribution in [-0.4, -0.2) is 24.6 Å². The third-order valence-corrected chi connectivity index (χ3v) is 3.85. The molecule has 3 aromatic rings. The molecule has 1 amide bonds. The van der Waals surface area contributed by atoms with E-state index in [1.165, 1.54) is 23.8 Å². The molecular formula is C16H14N2O2S. The highest BCUT2D eigenvalue weighted by Crippen LogP contribution is 2.30. The number of fused-ring (bicyclic) bond motifs is 1. The zero-order chi connectivity index (χ0) is 14.7. The van der Waals surface area contributed by atoms with Crippen molar-refractivity contribution in [2.45, 2.75) is 0 Å². The summed E-state index contributed by atoms with van der Waals surface area (Å²) in [6.45, 7) is 0.0309. The second-order valence-electron chi connectivity index (χ2n) is 4.55. The lowest BCUT2D eigenvalue weighted by atomic mass is 10.0. The summed E-state index contributed by atoms with van der Waals surface area (Å²) < 4.78 is 4.79. The first-order valence-electron chi connectivity index (χ1n) is 6.50. The van der Waals surface area contributed by atoms with E-state index in [-0.39, 0.29) is 12.5 Å². The first kappa shape index (κ1) is 13.7. The summed E-state index contributed by atoms with van der Waals surface area (Å²) in [5, 5.41) is 7.58. The van der Waals surface area contributed by atoms with E-state index in [0.717, 1.165) is 16.6 Å². The molecule has 5 heteroatoms. The number of ether oxygens (including phenoxy) is 1. The Kier molecular flexibility index (Phi) is 3.94. The molecule has 4 nitrogen and oxygen atoms in total. The number of hydrogen-bond donors (Lipinski definition) is 1. The minimum absolute atomic E-state index is 0.0309. The zero-order valence-electron chi connectivity index (χ0n) is 11.5. The van der Waals surface area contributed by atoms with Crippen LogP contribution in [0.1, 0.15) is 0 Å². The summed E-state index contributed by atoms with van der Waals surface area (Å²) in [6.07, 6.45) is 0. The van der Waals surface area contributed by atoms with Crippen molar-refractivity contribution in [1.82, 2.24) is 4.98 Å². The molecule has 2 aromatic carbocycles. The van der Waals surface area contributed by atoms with Crippen LogP contribution in [0, 0.1) is 0 Å². The lowest BCUT2D eigenvalue weighted by Gasteiger charge is -2.03. The van der Waals surface area contributed by atoms with Gasteiger partial charge in [0.25, 0.3) is 5.91 Å². The van der Waals surface area contributed by atoms with Crippen LogP contribution < -0.4 is 5.32 Å². The van der Waals surface area contributed by atoms with Crippen molar-refractivity contribution in [2.75, 3.05) is 19.0 Å². The van der Waals surface area contributed by atoms with Crippen molar-refractivity contribution in [2.24, 2.45) is 0 Å². The van der Waals surface area contributed by atoms with E-state index in [9.17, 15) is 4.79 Å². The summed E-state index contributed by atoms with van der Waals surface area (Å²) in [7, 11) is 1.49. The van der Waals surface area contributed by atoms with Gasteiger partial charge in [-0.2, -0.15) is 0 Å². The van der Waals surface area contributed by atoms with E-state index in [1.807, 2.05) is 29.6 Å². The molecular weight excluding hydrogens is 284 g/mol. The van der Waals surface area contributed by atoms with Gasteiger partial charge >= 0.3 is 0 Å². The van der Waals surface area contributed by atoms with Crippen LogP contribution in [0.2, 0.25) is 0 Å². The summed E-state index contributed by atoms with van der Waals surface area (Å²) in [5.74, 6) is -0.198. The number of thiazole rings is 1. The summed E-state index contributed by atoms with van der Waals surface area (Å²) in [4.78, 5) is 16.0. The first-order chi connectivity index (χ1) is 10.3. The molecule has 0 saturated heterocycles. The fraction of sp³-hybridized carbons (Fsp3) is 0.125. The summed E-state index contributed by atoms with van der Waals surface area (Å²) >= 11 is 1.41. The second-order valence-corrected chi connectivity index (χ2v) is 5.40. The highest BCUT2D eigenvalue weighted by Gasteiger charge is 2.09. The third kappa shape index (κ3) is 2.94. The normalized spacial score (nSPS) is 10.7. The van der Waals surface area contributed by atoms with Crippen LogP contribution in [0.15, 0.2) is 47.8 Å².